The Morgan fingerprint density at radius 3 is 2.24 bits per heavy atom. The highest BCUT2D eigenvalue weighted by Crippen LogP contribution is 2.33. The van der Waals surface area contributed by atoms with Gasteiger partial charge < -0.3 is 4.90 Å². The van der Waals surface area contributed by atoms with Crippen LogP contribution < -0.4 is 0 Å². The standard InChI is InChI=1S/C14H27N3/c1-5-6-11-17(4)13-7-9-14(12-15,10-8-13)16(2)3/h13H,5-11H2,1-4H3. The molecule has 0 N–H and O–H groups in total. The van der Waals surface area contributed by atoms with Crippen molar-refractivity contribution in [1.82, 2.24) is 9.80 Å². The Hall–Kier alpha value is -0.590. The van der Waals surface area contributed by atoms with Gasteiger partial charge in [0, 0.05) is 6.04 Å². The summed E-state index contributed by atoms with van der Waals surface area (Å²) < 4.78 is 0. The minimum Gasteiger partial charge on any atom is -0.303 e. The summed E-state index contributed by atoms with van der Waals surface area (Å²) in [6.07, 6.45) is 6.88. The molecule has 0 aromatic heterocycles. The Morgan fingerprint density at radius 1 is 1.24 bits per heavy atom. The topological polar surface area (TPSA) is 30.3 Å². The largest absolute Gasteiger partial charge is 0.303 e. The highest BCUT2D eigenvalue weighted by atomic mass is 15.2. The molecule has 0 aromatic rings. The molecule has 0 unspecified atom stereocenters. The van der Waals surface area contributed by atoms with E-state index in [0.717, 1.165) is 25.7 Å². The van der Waals surface area contributed by atoms with Gasteiger partial charge in [0.2, 0.25) is 0 Å². The van der Waals surface area contributed by atoms with Crippen molar-refractivity contribution in [2.45, 2.75) is 57.0 Å². The zero-order valence-electron chi connectivity index (χ0n) is 11.9. The van der Waals surface area contributed by atoms with Crippen LogP contribution in [0.15, 0.2) is 0 Å². The molecule has 1 aliphatic rings. The van der Waals surface area contributed by atoms with Gasteiger partial charge in [-0.25, -0.2) is 0 Å². The van der Waals surface area contributed by atoms with Gasteiger partial charge in [0.05, 0.1) is 6.07 Å². The molecule has 1 rings (SSSR count). The molecule has 0 heterocycles. The van der Waals surface area contributed by atoms with E-state index in [2.05, 4.69) is 29.8 Å². The fourth-order valence-corrected chi connectivity index (χ4v) is 2.77. The zero-order chi connectivity index (χ0) is 12.9. The molecule has 1 saturated carbocycles. The molecule has 0 spiro atoms. The molecular formula is C14H27N3. The van der Waals surface area contributed by atoms with Gasteiger partial charge in [0.25, 0.3) is 0 Å². The summed E-state index contributed by atoms with van der Waals surface area (Å²) in [5.41, 5.74) is -0.206. The van der Waals surface area contributed by atoms with E-state index in [9.17, 15) is 5.26 Å². The SMILES string of the molecule is CCCCN(C)C1CCC(C#N)(N(C)C)CC1. The second-order valence-electron chi connectivity index (χ2n) is 5.60. The predicted octanol–water partition coefficient (Wildman–Crippen LogP) is 2.48. The van der Waals surface area contributed by atoms with Crippen LogP contribution in [-0.4, -0.2) is 49.1 Å². The van der Waals surface area contributed by atoms with E-state index in [1.807, 2.05) is 14.1 Å². The van der Waals surface area contributed by atoms with Gasteiger partial charge in [-0.2, -0.15) is 5.26 Å². The van der Waals surface area contributed by atoms with Gasteiger partial charge in [-0.15, -0.1) is 0 Å². The van der Waals surface area contributed by atoms with Crippen LogP contribution in [0.3, 0.4) is 0 Å². The fourth-order valence-electron chi connectivity index (χ4n) is 2.77. The quantitative estimate of drug-likeness (QED) is 0.736. The van der Waals surface area contributed by atoms with E-state index in [1.54, 1.807) is 0 Å². The molecular weight excluding hydrogens is 210 g/mol. The van der Waals surface area contributed by atoms with E-state index < -0.39 is 0 Å². The maximum absolute atomic E-state index is 9.37. The number of unbranched alkanes of at least 4 members (excludes halogenated alkanes) is 1. The van der Waals surface area contributed by atoms with Crippen molar-refractivity contribution in [2.75, 3.05) is 27.7 Å². The number of nitriles is 1. The van der Waals surface area contributed by atoms with Gasteiger partial charge in [0.1, 0.15) is 5.54 Å². The molecule has 0 atom stereocenters. The Balaban J connectivity index is 2.47. The Bertz CT molecular complexity index is 259. The zero-order valence-corrected chi connectivity index (χ0v) is 11.9. The molecule has 0 amide bonds. The second-order valence-corrected chi connectivity index (χ2v) is 5.60. The van der Waals surface area contributed by atoms with Crippen LogP contribution in [0.25, 0.3) is 0 Å². The first-order valence-corrected chi connectivity index (χ1v) is 6.84. The highest BCUT2D eigenvalue weighted by Gasteiger charge is 2.38. The van der Waals surface area contributed by atoms with Crippen molar-refractivity contribution in [3.63, 3.8) is 0 Å². The Kier molecular flexibility index (Phi) is 5.42. The summed E-state index contributed by atoms with van der Waals surface area (Å²) in [5, 5.41) is 9.37. The molecule has 1 aliphatic carbocycles. The van der Waals surface area contributed by atoms with Crippen LogP contribution in [0, 0.1) is 11.3 Å². The van der Waals surface area contributed by atoms with Gasteiger partial charge >= 0.3 is 0 Å². The normalized spacial score (nSPS) is 29.6. The lowest BCUT2D eigenvalue weighted by Gasteiger charge is -2.42. The highest BCUT2D eigenvalue weighted by molar-refractivity contribution is 5.09. The van der Waals surface area contributed by atoms with E-state index in [0.29, 0.717) is 6.04 Å². The van der Waals surface area contributed by atoms with Crippen LogP contribution in [0.2, 0.25) is 0 Å². The van der Waals surface area contributed by atoms with Crippen LogP contribution in [0.1, 0.15) is 45.4 Å². The molecule has 0 aromatic carbocycles. The van der Waals surface area contributed by atoms with E-state index in [-0.39, 0.29) is 5.54 Å². The van der Waals surface area contributed by atoms with Crippen molar-refractivity contribution in [1.29, 1.82) is 5.26 Å². The van der Waals surface area contributed by atoms with Crippen LogP contribution >= 0.6 is 0 Å². The summed E-state index contributed by atoms with van der Waals surface area (Å²) in [4.78, 5) is 4.59. The molecule has 3 nitrogen and oxygen atoms in total. The molecule has 1 fully saturated rings. The minimum absolute atomic E-state index is 0.206. The summed E-state index contributed by atoms with van der Waals surface area (Å²) in [5.74, 6) is 0. The molecule has 0 aliphatic heterocycles. The average molecular weight is 237 g/mol. The van der Waals surface area contributed by atoms with E-state index in [4.69, 9.17) is 0 Å². The molecule has 0 bridgehead atoms. The minimum atomic E-state index is -0.206. The summed E-state index contributed by atoms with van der Waals surface area (Å²) in [7, 11) is 6.30. The van der Waals surface area contributed by atoms with Crippen molar-refractivity contribution < 1.29 is 0 Å². The molecule has 98 valence electrons. The first kappa shape index (κ1) is 14.5. The van der Waals surface area contributed by atoms with Gasteiger partial charge in [-0.3, -0.25) is 4.90 Å². The van der Waals surface area contributed by atoms with E-state index in [1.165, 1.54) is 19.4 Å². The fraction of sp³-hybridized carbons (Fsp3) is 0.929. The average Bonchev–Trinajstić information content (AvgIpc) is 2.35. The molecule has 0 saturated heterocycles. The Morgan fingerprint density at radius 2 is 1.82 bits per heavy atom. The second kappa shape index (κ2) is 6.37. The Labute approximate surface area is 106 Å². The third-order valence-corrected chi connectivity index (χ3v) is 4.33. The maximum Gasteiger partial charge on any atom is 0.108 e. The van der Waals surface area contributed by atoms with E-state index >= 15 is 0 Å². The maximum atomic E-state index is 9.37. The van der Waals surface area contributed by atoms with Gasteiger partial charge in [-0.1, -0.05) is 13.3 Å². The smallest absolute Gasteiger partial charge is 0.108 e. The first-order chi connectivity index (χ1) is 8.05. The van der Waals surface area contributed by atoms with Crippen LogP contribution in [0.5, 0.6) is 0 Å². The predicted molar refractivity (Wildman–Crippen MR) is 71.8 cm³/mol. The first-order valence-electron chi connectivity index (χ1n) is 6.84. The van der Waals surface area contributed by atoms with Crippen molar-refractivity contribution in [3.8, 4) is 6.07 Å². The van der Waals surface area contributed by atoms with Crippen LogP contribution in [-0.2, 0) is 0 Å². The van der Waals surface area contributed by atoms with Crippen molar-refractivity contribution in [3.05, 3.63) is 0 Å². The van der Waals surface area contributed by atoms with Crippen LogP contribution in [0.4, 0.5) is 0 Å². The summed E-state index contributed by atoms with van der Waals surface area (Å²) in [6.45, 7) is 3.43. The summed E-state index contributed by atoms with van der Waals surface area (Å²) in [6, 6.07) is 3.21. The number of nitrogens with zero attached hydrogens (tertiary/aromatic N) is 3. The third kappa shape index (κ3) is 3.43. The van der Waals surface area contributed by atoms with Gasteiger partial charge in [0.15, 0.2) is 0 Å². The third-order valence-electron chi connectivity index (χ3n) is 4.33. The lowest BCUT2D eigenvalue weighted by molar-refractivity contribution is 0.0982. The number of hydrogen-bond acceptors (Lipinski definition) is 3. The lowest BCUT2D eigenvalue weighted by atomic mass is 9.79. The number of rotatable bonds is 5. The lowest BCUT2D eigenvalue weighted by Crippen LogP contribution is -2.49. The van der Waals surface area contributed by atoms with Crippen molar-refractivity contribution >= 4 is 0 Å². The molecule has 3 heteroatoms. The summed E-state index contributed by atoms with van der Waals surface area (Å²) >= 11 is 0. The molecule has 17 heavy (non-hydrogen) atoms. The van der Waals surface area contributed by atoms with Gasteiger partial charge in [-0.05, 0) is 59.8 Å². The number of hydrogen-bond donors (Lipinski definition) is 0. The van der Waals surface area contributed by atoms with Crippen molar-refractivity contribution in [2.24, 2.45) is 0 Å². The molecule has 0 radical (unpaired) electrons. The monoisotopic (exact) mass is 237 g/mol.